The van der Waals surface area contributed by atoms with Crippen LogP contribution in [0.25, 0.3) is 0 Å². The molecule has 0 saturated heterocycles. The largest absolute Gasteiger partial charge is 1.00 e. The molecule has 9 heavy (non-hydrogen) atoms. The first kappa shape index (κ1) is 13.0. The third-order valence-corrected chi connectivity index (χ3v) is 1.01. The summed E-state index contributed by atoms with van der Waals surface area (Å²) in [5.74, 6) is 0.0884. The van der Waals surface area contributed by atoms with Crippen molar-refractivity contribution >= 4 is 19.4 Å². The van der Waals surface area contributed by atoms with E-state index in [-0.39, 0.29) is 42.0 Å². The normalized spacial score (nSPS) is 10.6. The van der Waals surface area contributed by atoms with Crippen LogP contribution in [0.1, 0.15) is 0 Å². The average molecular weight is 183 g/mol. The fourth-order valence-corrected chi connectivity index (χ4v) is 0.667. The van der Waals surface area contributed by atoms with E-state index < -0.39 is 7.82 Å². The van der Waals surface area contributed by atoms with E-state index in [0.29, 0.717) is 0 Å². The van der Waals surface area contributed by atoms with Gasteiger partial charge in [0.1, 0.15) is 0 Å². The van der Waals surface area contributed by atoms with Gasteiger partial charge in [-0.2, -0.15) is 0 Å². The van der Waals surface area contributed by atoms with Crippen molar-refractivity contribution in [2.75, 3.05) is 12.5 Å². The van der Waals surface area contributed by atoms with Crippen LogP contribution in [0.4, 0.5) is 0 Å². The van der Waals surface area contributed by atoms with Crippen LogP contribution in [0.2, 0.25) is 0 Å². The number of hydrogen-bond acceptors (Lipinski definition) is 2. The molecular formula is C2H6ClNaO4P+. The Kier molecular flexibility index (Phi) is 8.87. The number of hydrogen-bond donors (Lipinski definition) is 2. The van der Waals surface area contributed by atoms with Gasteiger partial charge in [0, 0.05) is 5.88 Å². The molecule has 0 saturated carbocycles. The topological polar surface area (TPSA) is 66.8 Å². The Bertz CT molecular complexity index is 103. The minimum absolute atomic E-state index is 0. The van der Waals surface area contributed by atoms with E-state index in [1.165, 1.54) is 0 Å². The zero-order valence-electron chi connectivity index (χ0n) is 4.95. The summed E-state index contributed by atoms with van der Waals surface area (Å²) in [6.07, 6.45) is 0. The zero-order valence-corrected chi connectivity index (χ0v) is 8.60. The van der Waals surface area contributed by atoms with E-state index in [2.05, 4.69) is 4.52 Å². The summed E-state index contributed by atoms with van der Waals surface area (Å²) >= 11 is 5.04. The molecule has 0 spiro atoms. The fourth-order valence-electron chi connectivity index (χ4n) is 0.153. The van der Waals surface area contributed by atoms with Crippen LogP contribution in [0.5, 0.6) is 0 Å². The van der Waals surface area contributed by atoms with Crippen molar-refractivity contribution in [3.63, 3.8) is 0 Å². The van der Waals surface area contributed by atoms with Crippen LogP contribution < -0.4 is 29.6 Å². The SMILES string of the molecule is O=P(O)(O)OCCCl.[Na+]. The summed E-state index contributed by atoms with van der Waals surface area (Å²) in [4.78, 5) is 16.0. The zero-order chi connectivity index (χ0) is 6.62. The van der Waals surface area contributed by atoms with E-state index in [4.69, 9.17) is 21.4 Å². The smallest absolute Gasteiger partial charge is 0.303 e. The summed E-state index contributed by atoms with van der Waals surface area (Å²) in [5.41, 5.74) is 0. The summed E-state index contributed by atoms with van der Waals surface area (Å²) < 4.78 is 13.7. The molecular weight excluding hydrogens is 177 g/mol. The molecule has 0 radical (unpaired) electrons. The molecule has 0 aliphatic rings. The Balaban J connectivity index is 0. The second-order valence-electron chi connectivity index (χ2n) is 1.01. The molecule has 0 unspecified atom stereocenters. The minimum Gasteiger partial charge on any atom is -0.303 e. The molecule has 0 aliphatic carbocycles. The third-order valence-electron chi connectivity index (χ3n) is 0.337. The summed E-state index contributed by atoms with van der Waals surface area (Å²) in [5, 5.41) is 0. The fraction of sp³-hybridized carbons (Fsp3) is 1.00. The van der Waals surface area contributed by atoms with Crippen LogP contribution in [0, 0.1) is 0 Å². The molecule has 0 rings (SSSR count). The molecule has 2 N–H and O–H groups in total. The quantitative estimate of drug-likeness (QED) is 0.285. The van der Waals surface area contributed by atoms with Gasteiger partial charge in [0.15, 0.2) is 0 Å². The molecule has 0 aliphatic heterocycles. The number of phosphoric ester groups is 1. The van der Waals surface area contributed by atoms with E-state index >= 15 is 0 Å². The maximum atomic E-state index is 9.80. The molecule has 0 fully saturated rings. The van der Waals surface area contributed by atoms with E-state index in [1.807, 2.05) is 0 Å². The first-order chi connectivity index (χ1) is 3.56. The molecule has 0 atom stereocenters. The van der Waals surface area contributed by atoms with Crippen LogP contribution in [-0.4, -0.2) is 22.3 Å². The molecule has 0 amide bonds. The predicted molar refractivity (Wildman–Crippen MR) is 28.7 cm³/mol. The third kappa shape index (κ3) is 12.6. The summed E-state index contributed by atoms with van der Waals surface area (Å²) in [6, 6.07) is 0. The maximum absolute atomic E-state index is 9.80. The number of phosphoric acid groups is 1. The van der Waals surface area contributed by atoms with Crippen molar-refractivity contribution in [3.05, 3.63) is 0 Å². The van der Waals surface area contributed by atoms with Crippen molar-refractivity contribution in [1.82, 2.24) is 0 Å². The maximum Gasteiger partial charge on any atom is 1.00 e. The van der Waals surface area contributed by atoms with Gasteiger partial charge in [-0.1, -0.05) is 0 Å². The first-order valence-corrected chi connectivity index (χ1v) is 3.89. The molecule has 7 heteroatoms. The van der Waals surface area contributed by atoms with Gasteiger partial charge in [-0.15, -0.1) is 11.6 Å². The van der Waals surface area contributed by atoms with Gasteiger partial charge < -0.3 is 9.79 Å². The van der Waals surface area contributed by atoms with Crippen molar-refractivity contribution in [1.29, 1.82) is 0 Å². The Morgan fingerprint density at radius 2 is 2.00 bits per heavy atom. The van der Waals surface area contributed by atoms with Crippen molar-refractivity contribution in [2.24, 2.45) is 0 Å². The van der Waals surface area contributed by atoms with Crippen molar-refractivity contribution in [3.8, 4) is 0 Å². The van der Waals surface area contributed by atoms with Crippen LogP contribution in [0.3, 0.4) is 0 Å². The standard InChI is InChI=1S/C2H6ClO4P.Na/c3-1-2-7-8(4,5)6;/h1-2H2,(H2,4,5,6);/q;+1. The van der Waals surface area contributed by atoms with Crippen molar-refractivity contribution < 1.29 is 48.4 Å². The molecule has 0 aromatic heterocycles. The van der Waals surface area contributed by atoms with Crippen molar-refractivity contribution in [2.45, 2.75) is 0 Å². The van der Waals surface area contributed by atoms with Gasteiger partial charge in [0.25, 0.3) is 0 Å². The second-order valence-corrected chi connectivity index (χ2v) is 2.63. The van der Waals surface area contributed by atoms with Gasteiger partial charge in [0.05, 0.1) is 6.61 Å². The molecule has 0 heterocycles. The predicted octanol–water partition coefficient (Wildman–Crippen LogP) is -2.66. The molecule has 4 nitrogen and oxygen atoms in total. The first-order valence-electron chi connectivity index (χ1n) is 1.82. The van der Waals surface area contributed by atoms with Gasteiger partial charge >= 0.3 is 37.4 Å². The number of alkyl halides is 1. The van der Waals surface area contributed by atoms with E-state index in [1.54, 1.807) is 0 Å². The monoisotopic (exact) mass is 183 g/mol. The average Bonchev–Trinajstić information content (AvgIpc) is 1.59. The molecule has 50 valence electrons. The van der Waals surface area contributed by atoms with Gasteiger partial charge in [-0.3, -0.25) is 4.52 Å². The minimum atomic E-state index is -4.27. The summed E-state index contributed by atoms with van der Waals surface area (Å²) in [7, 11) is -4.27. The van der Waals surface area contributed by atoms with E-state index in [0.717, 1.165) is 0 Å². The Labute approximate surface area is 80.1 Å². The Morgan fingerprint density at radius 3 is 2.11 bits per heavy atom. The van der Waals surface area contributed by atoms with Crippen LogP contribution in [-0.2, 0) is 9.09 Å². The number of rotatable bonds is 3. The Morgan fingerprint density at radius 1 is 1.56 bits per heavy atom. The van der Waals surface area contributed by atoms with Gasteiger partial charge in [0.2, 0.25) is 0 Å². The van der Waals surface area contributed by atoms with Crippen LogP contribution in [0.15, 0.2) is 0 Å². The van der Waals surface area contributed by atoms with Crippen LogP contribution >= 0.6 is 19.4 Å². The molecule has 0 bridgehead atoms. The molecule has 0 aromatic carbocycles. The summed E-state index contributed by atoms with van der Waals surface area (Å²) in [6.45, 7) is -0.119. The second kappa shape index (κ2) is 6.13. The number of halogens is 1. The molecule has 0 aromatic rings. The Hall–Kier alpha value is 1.40. The van der Waals surface area contributed by atoms with Gasteiger partial charge in [-0.25, -0.2) is 4.57 Å². The van der Waals surface area contributed by atoms with E-state index in [9.17, 15) is 4.57 Å². The van der Waals surface area contributed by atoms with Gasteiger partial charge in [-0.05, 0) is 0 Å².